The van der Waals surface area contributed by atoms with Crippen LogP contribution < -0.4 is 10.2 Å². The summed E-state index contributed by atoms with van der Waals surface area (Å²) in [7, 11) is 0. The highest BCUT2D eigenvalue weighted by molar-refractivity contribution is 8.00. The molecule has 0 spiro atoms. The van der Waals surface area contributed by atoms with Crippen LogP contribution in [-0.2, 0) is 19.2 Å². The fourth-order valence-corrected chi connectivity index (χ4v) is 3.84. The summed E-state index contributed by atoms with van der Waals surface area (Å²) in [5.41, 5.74) is 2.42. The molecule has 1 aromatic carbocycles. The van der Waals surface area contributed by atoms with Crippen molar-refractivity contribution in [3.63, 3.8) is 0 Å². The molecule has 0 bridgehead atoms. The number of anilines is 1. The predicted octanol–water partition coefficient (Wildman–Crippen LogP) is 1.26. The first-order valence-corrected chi connectivity index (χ1v) is 8.81. The minimum absolute atomic E-state index is 0.0132. The van der Waals surface area contributed by atoms with Crippen LogP contribution in [0.2, 0.25) is 0 Å². The van der Waals surface area contributed by atoms with Gasteiger partial charge >= 0.3 is 5.97 Å². The van der Waals surface area contributed by atoms with Gasteiger partial charge in [-0.05, 0) is 25.5 Å². The minimum Gasteiger partial charge on any atom is -0.480 e. The number of thioether (sulfide) groups is 1. The van der Waals surface area contributed by atoms with Crippen LogP contribution in [0.3, 0.4) is 0 Å². The van der Waals surface area contributed by atoms with E-state index < -0.39 is 23.2 Å². The Morgan fingerprint density at radius 2 is 2.04 bits per heavy atom. The lowest BCUT2D eigenvalue weighted by molar-refractivity contribution is -0.140. The van der Waals surface area contributed by atoms with Crippen molar-refractivity contribution < 1.29 is 24.3 Å². The Morgan fingerprint density at radius 3 is 2.60 bits per heavy atom. The van der Waals surface area contributed by atoms with Crippen molar-refractivity contribution in [2.24, 2.45) is 0 Å². The zero-order valence-electron chi connectivity index (χ0n) is 14.2. The minimum atomic E-state index is -1.18. The fraction of sp³-hybridized carbons (Fsp3) is 0.412. The molecule has 2 rings (SSSR count). The molecule has 8 heteroatoms. The van der Waals surface area contributed by atoms with Gasteiger partial charge in [0.05, 0.1) is 10.9 Å². The molecule has 0 aromatic heterocycles. The van der Waals surface area contributed by atoms with Gasteiger partial charge in [-0.25, -0.2) is 9.69 Å². The molecule has 2 N–H and O–H groups in total. The fourth-order valence-electron chi connectivity index (χ4n) is 2.68. The molecule has 1 saturated heterocycles. The van der Waals surface area contributed by atoms with Gasteiger partial charge in [-0.3, -0.25) is 14.4 Å². The van der Waals surface area contributed by atoms with Gasteiger partial charge in [-0.15, -0.1) is 11.8 Å². The van der Waals surface area contributed by atoms with Gasteiger partial charge in [-0.1, -0.05) is 17.7 Å². The largest absolute Gasteiger partial charge is 0.480 e. The second kappa shape index (κ2) is 7.69. The second-order valence-corrected chi connectivity index (χ2v) is 7.21. The van der Waals surface area contributed by atoms with Gasteiger partial charge < -0.3 is 10.4 Å². The first-order valence-electron chi connectivity index (χ1n) is 7.76. The third-order valence-corrected chi connectivity index (χ3v) is 5.13. The molecule has 0 unspecified atom stereocenters. The molecule has 0 saturated carbocycles. The number of imide groups is 1. The van der Waals surface area contributed by atoms with Crippen molar-refractivity contribution in [3.05, 3.63) is 29.3 Å². The average molecular weight is 364 g/mol. The zero-order chi connectivity index (χ0) is 18.7. The maximum absolute atomic E-state index is 12.6. The van der Waals surface area contributed by atoms with Crippen LogP contribution in [0.25, 0.3) is 0 Å². The Morgan fingerprint density at radius 1 is 1.36 bits per heavy atom. The molecule has 3 amide bonds. The summed E-state index contributed by atoms with van der Waals surface area (Å²) in [5, 5.41) is 10.8. The van der Waals surface area contributed by atoms with Crippen molar-refractivity contribution in [1.29, 1.82) is 0 Å². The van der Waals surface area contributed by atoms with Gasteiger partial charge in [0.2, 0.25) is 17.7 Å². The van der Waals surface area contributed by atoms with E-state index in [1.165, 1.54) is 11.8 Å². The number of aryl methyl sites for hydroxylation is 2. The molecule has 1 fully saturated rings. The lowest BCUT2D eigenvalue weighted by atomic mass is 10.1. The highest BCUT2D eigenvalue weighted by Crippen LogP contribution is 2.32. The van der Waals surface area contributed by atoms with E-state index in [4.69, 9.17) is 5.11 Å². The number of carboxylic acids is 1. The Bertz CT molecular complexity index is 734. The summed E-state index contributed by atoms with van der Waals surface area (Å²) in [5.74, 6) is -2.28. The Hall–Kier alpha value is -2.35. The maximum atomic E-state index is 12.6. The van der Waals surface area contributed by atoms with E-state index in [1.807, 2.05) is 26.0 Å². The van der Waals surface area contributed by atoms with Crippen LogP contribution in [0.4, 0.5) is 5.69 Å². The summed E-state index contributed by atoms with van der Waals surface area (Å²) in [6.45, 7) is 4.99. The van der Waals surface area contributed by atoms with Crippen LogP contribution in [0.1, 0.15) is 24.5 Å². The Kier molecular flexibility index (Phi) is 5.84. The van der Waals surface area contributed by atoms with Crippen LogP contribution in [0.5, 0.6) is 0 Å². The van der Waals surface area contributed by atoms with Crippen LogP contribution >= 0.6 is 11.8 Å². The molecule has 1 aliphatic heterocycles. The van der Waals surface area contributed by atoms with Crippen molar-refractivity contribution in [2.75, 3.05) is 10.7 Å². The van der Waals surface area contributed by atoms with Gasteiger partial charge in [0.1, 0.15) is 6.04 Å². The first-order chi connectivity index (χ1) is 11.7. The third kappa shape index (κ3) is 4.39. The van der Waals surface area contributed by atoms with Crippen LogP contribution in [0.15, 0.2) is 18.2 Å². The van der Waals surface area contributed by atoms with Crippen LogP contribution in [0, 0.1) is 13.8 Å². The zero-order valence-corrected chi connectivity index (χ0v) is 15.1. The third-order valence-electron chi connectivity index (χ3n) is 3.84. The molecule has 25 heavy (non-hydrogen) atoms. The van der Waals surface area contributed by atoms with E-state index in [9.17, 15) is 19.2 Å². The number of benzene rings is 1. The molecule has 0 radical (unpaired) electrons. The molecule has 0 aliphatic carbocycles. The number of nitrogens with zero attached hydrogens (tertiary/aromatic N) is 1. The van der Waals surface area contributed by atoms with Crippen molar-refractivity contribution in [1.82, 2.24) is 5.32 Å². The summed E-state index contributed by atoms with van der Waals surface area (Å²) >= 11 is 1.07. The van der Waals surface area contributed by atoms with E-state index in [0.717, 1.165) is 22.9 Å². The standard InChI is InChI=1S/C17H20N2O5S/c1-9-4-5-13(10(2)6-9)19-15(21)7-14(16(19)22)25-8-12(17(23)24)18-11(3)20/h4-6,12,14H,7-8H2,1-3H3,(H,18,20)(H,23,24)/t12-,14+/m0/s1. The summed E-state index contributed by atoms with van der Waals surface area (Å²) < 4.78 is 0. The van der Waals surface area contributed by atoms with E-state index in [1.54, 1.807) is 6.07 Å². The topological polar surface area (TPSA) is 104 Å². The van der Waals surface area contributed by atoms with Crippen molar-refractivity contribution in [2.45, 2.75) is 38.5 Å². The SMILES string of the molecule is CC(=O)N[C@@H](CS[C@@H]1CC(=O)N(c2ccc(C)cc2C)C1=O)C(=O)O. The summed E-state index contributed by atoms with van der Waals surface area (Å²) in [6.07, 6.45) is 0.0171. The number of aliphatic carboxylic acids is 1. The van der Waals surface area contributed by atoms with E-state index in [-0.39, 0.29) is 24.0 Å². The Balaban J connectivity index is 2.10. The van der Waals surface area contributed by atoms with Crippen molar-refractivity contribution >= 4 is 41.1 Å². The van der Waals surface area contributed by atoms with E-state index >= 15 is 0 Å². The summed E-state index contributed by atoms with van der Waals surface area (Å²) in [6, 6.07) is 4.37. The number of nitrogens with one attached hydrogen (secondary N) is 1. The quantitative estimate of drug-likeness (QED) is 0.737. The molecule has 1 aromatic rings. The van der Waals surface area contributed by atoms with Gasteiger partial charge in [0, 0.05) is 19.1 Å². The lowest BCUT2D eigenvalue weighted by Gasteiger charge is -2.18. The molecule has 1 heterocycles. The summed E-state index contributed by atoms with van der Waals surface area (Å²) in [4.78, 5) is 48.3. The number of carboxylic acid groups (broad SMARTS) is 1. The maximum Gasteiger partial charge on any atom is 0.327 e. The number of hydrogen-bond donors (Lipinski definition) is 2. The number of hydrogen-bond acceptors (Lipinski definition) is 5. The van der Waals surface area contributed by atoms with E-state index in [2.05, 4.69) is 5.32 Å². The highest BCUT2D eigenvalue weighted by atomic mass is 32.2. The normalized spacial score (nSPS) is 18.4. The van der Waals surface area contributed by atoms with E-state index in [0.29, 0.717) is 5.69 Å². The molecular formula is C17H20N2O5S. The average Bonchev–Trinajstić information content (AvgIpc) is 2.78. The number of carbonyl (C=O) groups is 4. The van der Waals surface area contributed by atoms with Gasteiger partial charge in [0.15, 0.2) is 0 Å². The number of carbonyl (C=O) groups excluding carboxylic acids is 3. The van der Waals surface area contributed by atoms with Crippen LogP contribution in [-0.4, -0.2) is 45.8 Å². The first kappa shape index (κ1) is 19.0. The smallest absolute Gasteiger partial charge is 0.327 e. The van der Waals surface area contributed by atoms with Gasteiger partial charge in [-0.2, -0.15) is 0 Å². The highest BCUT2D eigenvalue weighted by Gasteiger charge is 2.41. The molecule has 7 nitrogen and oxygen atoms in total. The monoisotopic (exact) mass is 364 g/mol. The second-order valence-electron chi connectivity index (χ2n) is 5.97. The lowest BCUT2D eigenvalue weighted by Crippen LogP contribution is -2.42. The van der Waals surface area contributed by atoms with Crippen molar-refractivity contribution in [3.8, 4) is 0 Å². The Labute approximate surface area is 149 Å². The number of amides is 3. The molecule has 1 aliphatic rings. The molecule has 134 valence electrons. The predicted molar refractivity (Wildman–Crippen MR) is 94.5 cm³/mol. The number of rotatable bonds is 6. The molecule has 2 atom stereocenters. The van der Waals surface area contributed by atoms with Gasteiger partial charge in [0.25, 0.3) is 0 Å². The molecular weight excluding hydrogens is 344 g/mol.